The third kappa shape index (κ3) is 5.55. The fraction of sp³-hybridized carbons (Fsp3) is 0.417. The topological polar surface area (TPSA) is 99.4 Å². The number of aliphatic hydroxyl groups is 1. The zero-order valence-electron chi connectivity index (χ0n) is 19.6. The number of benzene rings is 1. The Morgan fingerprint density at radius 1 is 1.12 bits per heavy atom. The summed E-state index contributed by atoms with van der Waals surface area (Å²) < 4.78 is 1.93. The van der Waals surface area contributed by atoms with E-state index in [-0.39, 0.29) is 12.5 Å². The number of anilines is 2. The zero-order valence-corrected chi connectivity index (χ0v) is 19.6. The van der Waals surface area contributed by atoms with E-state index >= 15 is 0 Å². The molecule has 1 aliphatic heterocycles. The van der Waals surface area contributed by atoms with Crippen molar-refractivity contribution >= 4 is 17.5 Å². The van der Waals surface area contributed by atoms with Crippen LogP contribution < -0.4 is 5.32 Å². The molecule has 174 valence electrons. The first-order valence-electron chi connectivity index (χ1n) is 11.1. The van der Waals surface area contributed by atoms with E-state index in [1.807, 2.05) is 56.8 Å². The highest BCUT2D eigenvalue weighted by atomic mass is 16.3. The first-order valence-corrected chi connectivity index (χ1v) is 11.1. The lowest BCUT2D eigenvalue weighted by molar-refractivity contribution is -0.0116. The number of hydrogen-bond donors (Lipinski definition) is 2. The summed E-state index contributed by atoms with van der Waals surface area (Å²) in [5.41, 5.74) is 1.95. The number of β-amino-alcohol motifs (C(OH)–C–C–N with tert-alkyl or cyclic N) is 1. The van der Waals surface area contributed by atoms with Crippen molar-refractivity contribution in [3.05, 3.63) is 65.5 Å². The van der Waals surface area contributed by atoms with Crippen molar-refractivity contribution < 1.29 is 9.90 Å². The summed E-state index contributed by atoms with van der Waals surface area (Å²) in [5.74, 6) is 1.22. The minimum atomic E-state index is -1.09. The van der Waals surface area contributed by atoms with Crippen LogP contribution in [0.25, 0.3) is 0 Å². The molecule has 2 N–H and O–H groups in total. The molecular weight excluding hydrogens is 418 g/mol. The van der Waals surface area contributed by atoms with E-state index in [2.05, 4.69) is 25.2 Å². The Bertz CT molecular complexity index is 1130. The second-order valence-electron chi connectivity index (χ2n) is 8.97. The number of rotatable bonds is 5. The van der Waals surface area contributed by atoms with E-state index in [4.69, 9.17) is 0 Å². The molecule has 1 atom stereocenters. The summed E-state index contributed by atoms with van der Waals surface area (Å²) in [6.07, 6.45) is 3.58. The van der Waals surface area contributed by atoms with Crippen LogP contribution in [0.4, 0.5) is 11.6 Å². The molecule has 0 spiro atoms. The average Bonchev–Trinajstić information content (AvgIpc) is 3.06. The van der Waals surface area contributed by atoms with Gasteiger partial charge in [0, 0.05) is 54.7 Å². The molecule has 4 rings (SSSR count). The molecule has 1 unspecified atom stereocenters. The van der Waals surface area contributed by atoms with Gasteiger partial charge in [-0.25, -0.2) is 15.0 Å². The van der Waals surface area contributed by atoms with Crippen molar-refractivity contribution in [3.8, 4) is 0 Å². The van der Waals surface area contributed by atoms with Gasteiger partial charge in [0.05, 0.1) is 13.1 Å². The molecule has 0 bridgehead atoms. The number of nitrogens with one attached hydrogen (secondary N) is 1. The number of carbonyl (C=O) groups excluding carboxylic acids is 1. The van der Waals surface area contributed by atoms with Crippen LogP contribution in [0.15, 0.2) is 42.7 Å². The van der Waals surface area contributed by atoms with Gasteiger partial charge in [0.15, 0.2) is 0 Å². The quantitative estimate of drug-likeness (QED) is 0.616. The largest absolute Gasteiger partial charge is 0.385 e. The van der Waals surface area contributed by atoms with Crippen LogP contribution in [0.2, 0.25) is 0 Å². The Morgan fingerprint density at radius 2 is 1.88 bits per heavy atom. The number of nitrogens with zero attached hydrogens (tertiary/aromatic N) is 6. The van der Waals surface area contributed by atoms with Crippen LogP contribution in [0, 0.1) is 20.8 Å². The number of hydrogen-bond acceptors (Lipinski definition) is 7. The summed E-state index contributed by atoms with van der Waals surface area (Å²) >= 11 is 0. The maximum atomic E-state index is 13.4. The summed E-state index contributed by atoms with van der Waals surface area (Å²) in [6.45, 7) is 8.06. The van der Waals surface area contributed by atoms with Gasteiger partial charge in [-0.1, -0.05) is 6.07 Å². The summed E-state index contributed by atoms with van der Waals surface area (Å²) in [4.78, 5) is 30.3. The van der Waals surface area contributed by atoms with Crippen molar-refractivity contribution in [2.75, 3.05) is 38.5 Å². The monoisotopic (exact) mass is 449 g/mol. The Balaban J connectivity index is 1.53. The third-order valence-electron chi connectivity index (χ3n) is 5.82. The van der Waals surface area contributed by atoms with E-state index < -0.39 is 5.60 Å². The Labute approximate surface area is 194 Å². The molecule has 3 heterocycles. The lowest BCUT2D eigenvalue weighted by Crippen LogP contribution is -2.50. The third-order valence-corrected chi connectivity index (χ3v) is 5.82. The van der Waals surface area contributed by atoms with Gasteiger partial charge in [0.2, 0.25) is 5.95 Å². The summed E-state index contributed by atoms with van der Waals surface area (Å²) in [7, 11) is 1.97. The number of imidazole rings is 1. The molecule has 9 heteroatoms. The van der Waals surface area contributed by atoms with E-state index in [0.717, 1.165) is 22.9 Å². The Kier molecular flexibility index (Phi) is 6.44. The molecule has 0 saturated carbocycles. The zero-order chi connectivity index (χ0) is 23.6. The maximum absolute atomic E-state index is 13.4. The molecule has 1 aromatic carbocycles. The standard InChI is InChI=1S/C24H31N7O2/c1-17-12-18(2)27-23(26-17)28-21-7-5-6-20(13-21)22(32)31-11-10-29(4)14-24(33,16-31)15-30-9-8-25-19(30)3/h5-9,12-13,33H,10-11,14-16H2,1-4H3,(H,26,27,28). The second kappa shape index (κ2) is 9.29. The normalized spacial score (nSPS) is 19.4. The van der Waals surface area contributed by atoms with Gasteiger partial charge in [0.25, 0.3) is 5.91 Å². The van der Waals surface area contributed by atoms with Gasteiger partial charge in [0.1, 0.15) is 11.4 Å². The predicted octanol–water partition coefficient (Wildman–Crippen LogP) is 2.16. The van der Waals surface area contributed by atoms with Gasteiger partial charge in [-0.15, -0.1) is 0 Å². The van der Waals surface area contributed by atoms with Crippen LogP contribution in [0.3, 0.4) is 0 Å². The highest BCUT2D eigenvalue weighted by Gasteiger charge is 2.36. The van der Waals surface area contributed by atoms with Gasteiger partial charge in [-0.3, -0.25) is 4.79 Å². The van der Waals surface area contributed by atoms with Crippen LogP contribution in [-0.4, -0.2) is 79.2 Å². The van der Waals surface area contributed by atoms with Crippen molar-refractivity contribution in [2.24, 2.45) is 0 Å². The molecule has 9 nitrogen and oxygen atoms in total. The van der Waals surface area contributed by atoms with Gasteiger partial charge >= 0.3 is 0 Å². The van der Waals surface area contributed by atoms with Crippen molar-refractivity contribution in [3.63, 3.8) is 0 Å². The molecule has 1 aliphatic rings. The molecular formula is C24H31N7O2. The Hall–Kier alpha value is -3.30. The van der Waals surface area contributed by atoms with Crippen LogP contribution in [0.5, 0.6) is 0 Å². The highest BCUT2D eigenvalue weighted by molar-refractivity contribution is 5.95. The number of carbonyl (C=O) groups is 1. The number of aryl methyl sites for hydroxylation is 3. The minimum Gasteiger partial charge on any atom is -0.385 e. The van der Waals surface area contributed by atoms with E-state index in [1.165, 1.54) is 0 Å². The number of aromatic nitrogens is 4. The van der Waals surface area contributed by atoms with Gasteiger partial charge in [-0.2, -0.15) is 0 Å². The molecule has 1 fully saturated rings. The number of likely N-dealkylation sites (N-methyl/N-ethyl adjacent to an activating group) is 1. The van der Waals surface area contributed by atoms with Gasteiger partial charge < -0.3 is 24.8 Å². The van der Waals surface area contributed by atoms with E-state index in [0.29, 0.717) is 37.7 Å². The Morgan fingerprint density at radius 3 is 2.58 bits per heavy atom. The minimum absolute atomic E-state index is 0.115. The molecule has 3 aromatic rings. The smallest absolute Gasteiger partial charge is 0.254 e. The van der Waals surface area contributed by atoms with Crippen molar-refractivity contribution in [1.29, 1.82) is 0 Å². The van der Waals surface area contributed by atoms with Gasteiger partial charge in [-0.05, 0) is 52.1 Å². The molecule has 0 aliphatic carbocycles. The first kappa shape index (κ1) is 22.9. The lowest BCUT2D eigenvalue weighted by Gasteiger charge is -2.33. The summed E-state index contributed by atoms with van der Waals surface area (Å²) in [6, 6.07) is 9.23. The molecule has 1 saturated heterocycles. The molecule has 0 radical (unpaired) electrons. The van der Waals surface area contributed by atoms with Crippen LogP contribution >= 0.6 is 0 Å². The van der Waals surface area contributed by atoms with E-state index in [9.17, 15) is 9.90 Å². The first-order chi connectivity index (χ1) is 15.7. The SMILES string of the molecule is Cc1cc(C)nc(Nc2cccc(C(=O)N3CCN(C)CC(O)(Cn4ccnc4C)C3)c2)n1. The van der Waals surface area contributed by atoms with Crippen molar-refractivity contribution in [1.82, 2.24) is 29.3 Å². The average molecular weight is 450 g/mol. The molecule has 33 heavy (non-hydrogen) atoms. The van der Waals surface area contributed by atoms with Crippen LogP contribution in [0.1, 0.15) is 27.6 Å². The van der Waals surface area contributed by atoms with E-state index in [1.54, 1.807) is 23.2 Å². The maximum Gasteiger partial charge on any atom is 0.254 e. The lowest BCUT2D eigenvalue weighted by atomic mass is 10.0. The fourth-order valence-electron chi connectivity index (χ4n) is 4.34. The number of amides is 1. The second-order valence-corrected chi connectivity index (χ2v) is 8.97. The van der Waals surface area contributed by atoms with Crippen LogP contribution in [-0.2, 0) is 6.54 Å². The molecule has 2 aromatic heterocycles. The van der Waals surface area contributed by atoms with Crippen molar-refractivity contribution in [2.45, 2.75) is 32.9 Å². The predicted molar refractivity (Wildman–Crippen MR) is 127 cm³/mol. The summed E-state index contributed by atoms with van der Waals surface area (Å²) in [5, 5.41) is 14.7. The molecule has 1 amide bonds. The highest BCUT2D eigenvalue weighted by Crippen LogP contribution is 2.21. The fourth-order valence-corrected chi connectivity index (χ4v) is 4.34.